The van der Waals surface area contributed by atoms with E-state index in [0.29, 0.717) is 10.0 Å². The van der Waals surface area contributed by atoms with E-state index in [-0.39, 0.29) is 23.5 Å². The number of halogens is 2. The first-order valence-electron chi connectivity index (χ1n) is 7.57. The third-order valence-electron chi connectivity index (χ3n) is 3.39. The average molecular weight is 415 g/mol. The van der Waals surface area contributed by atoms with Crippen LogP contribution in [0.2, 0.25) is 10.0 Å². The molecule has 0 bridgehead atoms. The van der Waals surface area contributed by atoms with Crippen molar-refractivity contribution in [2.45, 2.75) is 17.7 Å². The highest BCUT2D eigenvalue weighted by Crippen LogP contribution is 2.16. The highest BCUT2D eigenvalue weighted by atomic mass is 35.5. The summed E-state index contributed by atoms with van der Waals surface area (Å²) in [5.41, 5.74) is 5.17. The van der Waals surface area contributed by atoms with Gasteiger partial charge in [0.2, 0.25) is 11.8 Å². The minimum atomic E-state index is -3.61. The summed E-state index contributed by atoms with van der Waals surface area (Å²) in [6, 6.07) is 12.4. The average Bonchev–Trinajstić information content (AvgIpc) is 2.61. The van der Waals surface area contributed by atoms with Crippen LogP contribution in [0.3, 0.4) is 0 Å². The molecule has 0 saturated carbocycles. The number of hydrazine groups is 1. The molecule has 0 aliphatic rings. The van der Waals surface area contributed by atoms with Crippen LogP contribution in [0.25, 0.3) is 0 Å². The molecule has 9 heteroatoms. The van der Waals surface area contributed by atoms with Crippen molar-refractivity contribution in [3.05, 3.63) is 64.1 Å². The Morgan fingerprint density at radius 1 is 0.808 bits per heavy atom. The van der Waals surface area contributed by atoms with Gasteiger partial charge in [0.05, 0.1) is 17.1 Å². The highest BCUT2D eigenvalue weighted by Gasteiger charge is 2.16. The van der Waals surface area contributed by atoms with Gasteiger partial charge in [0.15, 0.2) is 9.84 Å². The van der Waals surface area contributed by atoms with Gasteiger partial charge in [0, 0.05) is 16.5 Å². The van der Waals surface area contributed by atoms with E-state index < -0.39 is 21.7 Å². The molecule has 26 heavy (non-hydrogen) atoms. The van der Waals surface area contributed by atoms with Crippen LogP contribution in [0.15, 0.2) is 53.4 Å². The Balaban J connectivity index is 1.78. The second kappa shape index (κ2) is 9.02. The molecule has 0 saturated heterocycles. The van der Waals surface area contributed by atoms with Gasteiger partial charge < -0.3 is 0 Å². The van der Waals surface area contributed by atoms with Crippen molar-refractivity contribution in [1.29, 1.82) is 0 Å². The lowest BCUT2D eigenvalue weighted by molar-refractivity contribution is -0.128. The van der Waals surface area contributed by atoms with Gasteiger partial charge in [0.25, 0.3) is 0 Å². The van der Waals surface area contributed by atoms with Gasteiger partial charge in [-0.05, 0) is 42.0 Å². The zero-order chi connectivity index (χ0) is 19.2. The predicted octanol–water partition coefficient (Wildman–Crippen LogP) is 2.55. The Morgan fingerprint density at radius 3 is 1.88 bits per heavy atom. The van der Waals surface area contributed by atoms with Crippen molar-refractivity contribution in [3.8, 4) is 0 Å². The Bertz CT molecular complexity index is 882. The fourth-order valence-electron chi connectivity index (χ4n) is 2.02. The van der Waals surface area contributed by atoms with Gasteiger partial charge in [-0.3, -0.25) is 20.4 Å². The summed E-state index contributed by atoms with van der Waals surface area (Å²) in [5, 5.41) is 0.981. The maximum absolute atomic E-state index is 12.1. The second-order valence-electron chi connectivity index (χ2n) is 5.42. The first kappa shape index (κ1) is 20.2. The van der Waals surface area contributed by atoms with E-state index in [1.165, 1.54) is 24.3 Å². The van der Waals surface area contributed by atoms with Crippen LogP contribution in [-0.4, -0.2) is 26.0 Å². The van der Waals surface area contributed by atoms with Crippen LogP contribution < -0.4 is 10.9 Å². The van der Waals surface area contributed by atoms with E-state index >= 15 is 0 Å². The Hall–Kier alpha value is -2.09. The third kappa shape index (κ3) is 6.33. The lowest BCUT2D eigenvalue weighted by atomic mass is 10.1. The number of benzene rings is 2. The maximum atomic E-state index is 12.1. The summed E-state index contributed by atoms with van der Waals surface area (Å²) in [6.45, 7) is 0. The van der Waals surface area contributed by atoms with Crippen LogP contribution in [-0.2, 0) is 25.8 Å². The molecule has 0 heterocycles. The Morgan fingerprint density at radius 2 is 1.31 bits per heavy atom. The lowest BCUT2D eigenvalue weighted by Gasteiger charge is -2.08. The summed E-state index contributed by atoms with van der Waals surface area (Å²) in [4.78, 5) is 23.6. The smallest absolute Gasteiger partial charge is 0.242 e. The van der Waals surface area contributed by atoms with Crippen LogP contribution in [0.1, 0.15) is 12.0 Å². The summed E-state index contributed by atoms with van der Waals surface area (Å²) in [5.74, 6) is -1.42. The molecule has 0 aliphatic carbocycles. The SMILES string of the molecule is O=C(CCS(=O)(=O)c1ccc(Cl)cc1)NNC(=O)Cc1ccc(Cl)cc1. The number of hydrogen-bond acceptors (Lipinski definition) is 4. The molecule has 0 spiro atoms. The van der Waals surface area contributed by atoms with E-state index in [9.17, 15) is 18.0 Å². The molecule has 0 aromatic heterocycles. The van der Waals surface area contributed by atoms with Gasteiger partial charge in [0.1, 0.15) is 0 Å². The molecule has 2 aromatic rings. The number of sulfone groups is 1. The fourth-order valence-corrected chi connectivity index (χ4v) is 3.51. The molecule has 2 N–H and O–H groups in total. The van der Waals surface area contributed by atoms with Crippen LogP contribution >= 0.6 is 23.2 Å². The monoisotopic (exact) mass is 414 g/mol. The number of carbonyl (C=O) groups is 2. The lowest BCUT2D eigenvalue weighted by Crippen LogP contribution is -2.42. The Kier molecular flexibility index (Phi) is 7.02. The molecule has 2 amide bonds. The van der Waals surface area contributed by atoms with E-state index in [0.717, 1.165) is 5.56 Å². The molecular formula is C17H16Cl2N2O4S. The van der Waals surface area contributed by atoms with Crippen LogP contribution in [0.4, 0.5) is 0 Å². The zero-order valence-electron chi connectivity index (χ0n) is 13.5. The molecule has 0 radical (unpaired) electrons. The molecule has 6 nitrogen and oxygen atoms in total. The van der Waals surface area contributed by atoms with E-state index in [1.54, 1.807) is 24.3 Å². The van der Waals surface area contributed by atoms with E-state index in [4.69, 9.17) is 23.2 Å². The highest BCUT2D eigenvalue weighted by molar-refractivity contribution is 7.91. The molecule has 2 rings (SSSR count). The molecule has 138 valence electrons. The molecular weight excluding hydrogens is 399 g/mol. The second-order valence-corrected chi connectivity index (χ2v) is 8.40. The predicted molar refractivity (Wildman–Crippen MR) is 99.6 cm³/mol. The number of rotatable bonds is 6. The number of amides is 2. The van der Waals surface area contributed by atoms with Crippen molar-refractivity contribution in [1.82, 2.24) is 10.9 Å². The number of carbonyl (C=O) groups excluding carboxylic acids is 2. The topological polar surface area (TPSA) is 92.3 Å². The number of hydrogen-bond donors (Lipinski definition) is 2. The van der Waals surface area contributed by atoms with Gasteiger partial charge in [-0.25, -0.2) is 8.42 Å². The largest absolute Gasteiger partial charge is 0.273 e. The number of nitrogens with one attached hydrogen (secondary N) is 2. The minimum Gasteiger partial charge on any atom is -0.273 e. The van der Waals surface area contributed by atoms with Crippen molar-refractivity contribution >= 4 is 44.9 Å². The molecule has 0 aliphatic heterocycles. The summed E-state index contributed by atoms with van der Waals surface area (Å²) in [7, 11) is -3.61. The molecule has 0 fully saturated rings. The Labute approximate surface area is 161 Å². The van der Waals surface area contributed by atoms with Crippen LogP contribution in [0, 0.1) is 0 Å². The van der Waals surface area contributed by atoms with Crippen molar-refractivity contribution in [2.75, 3.05) is 5.75 Å². The minimum absolute atomic E-state index is 0.0561. The van der Waals surface area contributed by atoms with Crippen molar-refractivity contribution in [2.24, 2.45) is 0 Å². The molecule has 0 unspecified atom stereocenters. The van der Waals surface area contributed by atoms with Crippen molar-refractivity contribution in [3.63, 3.8) is 0 Å². The zero-order valence-corrected chi connectivity index (χ0v) is 15.9. The van der Waals surface area contributed by atoms with E-state index in [1.807, 2.05) is 0 Å². The van der Waals surface area contributed by atoms with Gasteiger partial charge in [-0.2, -0.15) is 0 Å². The van der Waals surface area contributed by atoms with Gasteiger partial charge in [-0.1, -0.05) is 35.3 Å². The maximum Gasteiger partial charge on any atom is 0.242 e. The standard InChI is InChI=1S/C17H16Cl2N2O4S/c18-13-3-1-12(2-4-13)11-17(23)21-20-16(22)9-10-26(24,25)15-7-5-14(19)6-8-15/h1-8H,9-11H2,(H,20,22)(H,21,23). The van der Waals surface area contributed by atoms with Crippen molar-refractivity contribution < 1.29 is 18.0 Å². The van der Waals surface area contributed by atoms with Gasteiger partial charge in [-0.15, -0.1) is 0 Å². The van der Waals surface area contributed by atoms with E-state index in [2.05, 4.69) is 10.9 Å². The first-order valence-corrected chi connectivity index (χ1v) is 9.97. The van der Waals surface area contributed by atoms with Crippen LogP contribution in [0.5, 0.6) is 0 Å². The fraction of sp³-hybridized carbons (Fsp3) is 0.176. The molecule has 2 aromatic carbocycles. The normalized spacial score (nSPS) is 11.0. The molecule has 0 atom stereocenters. The first-order chi connectivity index (χ1) is 12.3. The third-order valence-corrected chi connectivity index (χ3v) is 5.63. The summed E-state index contributed by atoms with van der Waals surface area (Å²) >= 11 is 11.5. The quantitative estimate of drug-likeness (QED) is 0.710. The van der Waals surface area contributed by atoms with Gasteiger partial charge >= 0.3 is 0 Å². The summed E-state index contributed by atoms with van der Waals surface area (Å²) in [6.07, 6.45) is -0.229. The summed E-state index contributed by atoms with van der Waals surface area (Å²) < 4.78 is 24.3.